The van der Waals surface area contributed by atoms with Crippen LogP contribution in [-0.2, 0) is 6.18 Å². The number of rotatable bonds is 4. The fourth-order valence-corrected chi connectivity index (χ4v) is 5.12. The van der Waals surface area contributed by atoms with Crippen LogP contribution in [0, 0.1) is 5.92 Å². The van der Waals surface area contributed by atoms with E-state index in [0.717, 1.165) is 18.3 Å². The third-order valence-corrected chi connectivity index (χ3v) is 7.15. The van der Waals surface area contributed by atoms with Crippen LogP contribution in [0.5, 0.6) is 0 Å². The summed E-state index contributed by atoms with van der Waals surface area (Å²) in [6.45, 7) is 0.139. The Bertz CT molecular complexity index is 1440. The maximum Gasteiger partial charge on any atom is 0.416 e. The highest BCUT2D eigenvalue weighted by Gasteiger charge is 2.49. The van der Waals surface area contributed by atoms with Gasteiger partial charge in [-0.15, -0.1) is 4.59 Å². The fourth-order valence-electron chi connectivity index (χ4n) is 5.12. The number of amides is 1. The number of nitrogens with one attached hydrogen (secondary N) is 1. The molecule has 1 saturated heterocycles. The number of nitrogens with zero attached hydrogens (tertiary/aromatic N) is 5. The van der Waals surface area contributed by atoms with Crippen LogP contribution in [0.3, 0.4) is 0 Å². The van der Waals surface area contributed by atoms with Crippen molar-refractivity contribution < 1.29 is 35.7 Å². The van der Waals surface area contributed by atoms with Gasteiger partial charge < -0.3 is 5.32 Å². The van der Waals surface area contributed by atoms with Crippen molar-refractivity contribution in [3.8, 4) is 0 Å². The van der Waals surface area contributed by atoms with Crippen LogP contribution in [0.2, 0.25) is 0 Å². The first kappa shape index (κ1) is 27.7. The monoisotopic (exact) mass is 564 g/mol. The minimum Gasteiger partial charge on any atom is -0.307 e. The quantitative estimate of drug-likeness (QED) is 0.316. The van der Waals surface area contributed by atoms with E-state index in [4.69, 9.17) is 10.8 Å². The zero-order valence-corrected chi connectivity index (χ0v) is 21.0. The van der Waals surface area contributed by atoms with Crippen molar-refractivity contribution >= 4 is 23.8 Å². The molecule has 1 aromatic carbocycles. The molecule has 3 aliphatic heterocycles. The van der Waals surface area contributed by atoms with Crippen molar-refractivity contribution in [1.82, 2.24) is 9.88 Å². The number of quaternary nitrogens is 1. The van der Waals surface area contributed by atoms with Crippen molar-refractivity contribution in [2.45, 2.75) is 31.2 Å². The number of halogens is 6. The van der Waals surface area contributed by atoms with Crippen LogP contribution < -0.4 is 11.2 Å². The van der Waals surface area contributed by atoms with Gasteiger partial charge >= 0.3 is 12.4 Å². The van der Waals surface area contributed by atoms with Crippen molar-refractivity contribution in [1.29, 1.82) is 0 Å². The fraction of sp³-hybridized carbons (Fsp3) is 0.308. The van der Waals surface area contributed by atoms with Gasteiger partial charge in [0, 0.05) is 24.2 Å². The number of likely N-dealkylation sites (tertiary alicyclic amines) is 1. The van der Waals surface area contributed by atoms with Crippen LogP contribution >= 0.6 is 0 Å². The molecule has 0 spiro atoms. The van der Waals surface area contributed by atoms with Gasteiger partial charge in [0.2, 0.25) is 5.70 Å². The summed E-state index contributed by atoms with van der Waals surface area (Å²) in [5.74, 6) is 5.88. The molecule has 3 atom stereocenters. The molecule has 1 aromatic heterocycles. The normalized spacial score (nSPS) is 25.1. The first-order valence-corrected chi connectivity index (χ1v) is 12.2. The average molecular weight is 565 g/mol. The summed E-state index contributed by atoms with van der Waals surface area (Å²) in [6, 6.07) is 6.12. The van der Waals surface area contributed by atoms with Crippen molar-refractivity contribution in [3.63, 3.8) is 0 Å². The van der Waals surface area contributed by atoms with Gasteiger partial charge in [0.25, 0.3) is 11.7 Å². The number of fused-ring (bicyclic) bond motifs is 1. The molecule has 0 bridgehead atoms. The maximum atomic E-state index is 13.4. The third kappa shape index (κ3) is 5.17. The zero-order chi connectivity index (χ0) is 28.9. The average Bonchev–Trinajstić information content (AvgIpc) is 3.20. The molecule has 0 radical (unpaired) electrons. The number of nitrogens with two attached hydrogens (primary N) is 1. The summed E-state index contributed by atoms with van der Waals surface area (Å²) >= 11 is 0. The largest absolute Gasteiger partial charge is 0.416 e. The van der Waals surface area contributed by atoms with E-state index in [9.17, 15) is 31.1 Å². The van der Waals surface area contributed by atoms with Gasteiger partial charge in [-0.2, -0.15) is 37.2 Å². The Morgan fingerprint density at radius 3 is 2.48 bits per heavy atom. The number of amidine groups is 1. The topological polar surface area (TPSA) is 96.0 Å². The summed E-state index contributed by atoms with van der Waals surface area (Å²) in [4.78, 5) is 26.6. The molecule has 0 saturated carbocycles. The van der Waals surface area contributed by atoms with E-state index in [1.165, 1.54) is 30.3 Å². The summed E-state index contributed by atoms with van der Waals surface area (Å²) in [5.41, 5.74) is 0.844. The number of carbonyl (C=O) groups is 1. The van der Waals surface area contributed by atoms with E-state index in [-0.39, 0.29) is 41.3 Å². The molecule has 8 nitrogen and oxygen atoms in total. The Balaban J connectivity index is 1.37. The highest BCUT2D eigenvalue weighted by molar-refractivity contribution is 6.05. The third-order valence-electron chi connectivity index (χ3n) is 7.15. The molecule has 5 rings (SSSR count). The first-order valence-electron chi connectivity index (χ1n) is 12.2. The summed E-state index contributed by atoms with van der Waals surface area (Å²) in [5, 5.41) is 2.35. The number of aromatic nitrogens is 1. The molecular weight excluding hydrogens is 540 g/mol. The highest BCUT2D eigenvalue weighted by Crippen LogP contribution is 2.40. The second kappa shape index (κ2) is 9.94. The molecule has 3 N–H and O–H groups in total. The van der Waals surface area contributed by atoms with Gasteiger partial charge in [0.05, 0.1) is 23.5 Å². The zero-order valence-electron chi connectivity index (χ0n) is 21.0. The van der Waals surface area contributed by atoms with Crippen molar-refractivity contribution in [2.75, 3.05) is 18.9 Å². The predicted molar refractivity (Wildman–Crippen MR) is 134 cm³/mol. The lowest BCUT2D eigenvalue weighted by Gasteiger charge is -2.37. The standard InChI is InChI=1S/C26H23F6N7O/c1-38-14-17(6-7-20(38)26(30,31)32)22-19-13-34-10-11-39(19,33)23(37-22)15-2-4-16(5-3-15)24(40)36-21-12-18(8-9-35-21)25(27,28)29/h2-5,8-13,17,20H,6-7,14,33H2,1H3/p+1/t17-,20-,39?/m0/s1. The van der Waals surface area contributed by atoms with Crippen molar-refractivity contribution in [3.05, 3.63) is 83.1 Å². The predicted octanol–water partition coefficient (Wildman–Crippen LogP) is 4.84. The molecule has 2 aromatic rings. The van der Waals surface area contributed by atoms with Gasteiger partial charge in [-0.1, -0.05) is 0 Å². The van der Waals surface area contributed by atoms with E-state index in [1.807, 2.05) is 0 Å². The van der Waals surface area contributed by atoms with Crippen LogP contribution in [0.1, 0.15) is 34.3 Å². The van der Waals surface area contributed by atoms with E-state index in [1.54, 1.807) is 24.5 Å². The van der Waals surface area contributed by atoms with E-state index >= 15 is 0 Å². The first-order chi connectivity index (χ1) is 18.8. The van der Waals surface area contributed by atoms with Crippen molar-refractivity contribution in [2.24, 2.45) is 21.7 Å². The van der Waals surface area contributed by atoms with Gasteiger partial charge in [-0.25, -0.2) is 4.98 Å². The molecular formula is C26H24F6N7O+. The van der Waals surface area contributed by atoms with Crippen LogP contribution in [0.4, 0.5) is 32.2 Å². The lowest BCUT2D eigenvalue weighted by atomic mass is 9.89. The molecule has 1 fully saturated rings. The van der Waals surface area contributed by atoms with Crippen LogP contribution in [0.25, 0.3) is 0 Å². The molecule has 210 valence electrons. The maximum absolute atomic E-state index is 13.4. The number of piperidine rings is 1. The van der Waals surface area contributed by atoms with Crippen LogP contribution in [-0.4, -0.2) is 58.2 Å². The second-order valence-corrected chi connectivity index (χ2v) is 9.79. The minimum atomic E-state index is -4.58. The number of anilines is 1. The Morgan fingerprint density at radius 2 is 1.82 bits per heavy atom. The minimum absolute atomic E-state index is 0.0750. The SMILES string of the molecule is CN1C[C@@H](C2=C3C=NC=C[N+]3(N)C(c3ccc(C(=O)Nc4cc(C(F)(F)F)ccn4)cc3)=N2)CC[C@H]1C(F)(F)F. The van der Waals surface area contributed by atoms with Crippen LogP contribution in [0.15, 0.2) is 76.4 Å². The van der Waals surface area contributed by atoms with Gasteiger partial charge in [0.15, 0.2) is 0 Å². The van der Waals surface area contributed by atoms with E-state index < -0.39 is 29.9 Å². The summed E-state index contributed by atoms with van der Waals surface area (Å²) in [6.07, 6.45) is -3.11. The highest BCUT2D eigenvalue weighted by atomic mass is 19.4. The van der Waals surface area contributed by atoms with E-state index in [2.05, 4.69) is 15.3 Å². The van der Waals surface area contributed by atoms with E-state index in [0.29, 0.717) is 22.8 Å². The molecule has 4 heterocycles. The van der Waals surface area contributed by atoms with Gasteiger partial charge in [0.1, 0.15) is 23.8 Å². The number of pyridine rings is 1. The number of hydrogen-bond acceptors (Lipinski definition) is 6. The molecule has 0 aliphatic carbocycles. The van der Waals surface area contributed by atoms with Gasteiger partial charge in [-0.3, -0.25) is 14.7 Å². The number of aliphatic imine (C=N–C) groups is 2. The Morgan fingerprint density at radius 1 is 1.10 bits per heavy atom. The Hall–Kier alpha value is -3.88. The molecule has 40 heavy (non-hydrogen) atoms. The lowest BCUT2D eigenvalue weighted by Crippen LogP contribution is -2.53. The Labute approximate surface area is 224 Å². The number of alkyl halides is 6. The number of benzene rings is 1. The molecule has 1 unspecified atom stereocenters. The smallest absolute Gasteiger partial charge is 0.307 e. The summed E-state index contributed by atoms with van der Waals surface area (Å²) < 4.78 is 78.7. The second-order valence-electron chi connectivity index (χ2n) is 9.79. The molecule has 1 amide bonds. The Kier molecular flexibility index (Phi) is 6.88. The summed E-state index contributed by atoms with van der Waals surface area (Å²) in [7, 11) is 1.44. The lowest BCUT2D eigenvalue weighted by molar-refractivity contribution is -0.750. The number of hydrogen-bond donors (Lipinski definition) is 2. The number of carbonyl (C=O) groups excluding carboxylic acids is 1. The molecule has 3 aliphatic rings. The van der Waals surface area contributed by atoms with Gasteiger partial charge in [-0.05, 0) is 56.3 Å². The molecule has 14 heteroatoms. The number of allylic oxidation sites excluding steroid dienone is 1.